The van der Waals surface area contributed by atoms with Crippen molar-refractivity contribution >= 4 is 27.5 Å². The minimum Gasteiger partial charge on any atom is -0.465 e. The molecule has 0 saturated heterocycles. The lowest BCUT2D eigenvalue weighted by Crippen LogP contribution is -2.34. The van der Waals surface area contributed by atoms with Crippen LogP contribution in [0.4, 0.5) is 0 Å². The van der Waals surface area contributed by atoms with Crippen LogP contribution in [0.5, 0.6) is 0 Å². The van der Waals surface area contributed by atoms with E-state index in [1.165, 1.54) is 17.7 Å². The number of esters is 1. The van der Waals surface area contributed by atoms with E-state index in [2.05, 4.69) is 9.97 Å². The minimum absolute atomic E-state index is 0.228. The fourth-order valence-electron chi connectivity index (χ4n) is 2.03. The predicted molar refractivity (Wildman–Crippen MR) is 76.5 cm³/mol. The monoisotopic (exact) mass is 289 g/mol. The fraction of sp³-hybridized carbons (Fsp3) is 0.429. The van der Waals surface area contributed by atoms with E-state index in [0.717, 1.165) is 20.7 Å². The Balaban J connectivity index is 2.73. The third-order valence-electron chi connectivity index (χ3n) is 3.35. The van der Waals surface area contributed by atoms with E-state index >= 15 is 0 Å². The topological polar surface area (TPSA) is 75.9 Å². The van der Waals surface area contributed by atoms with Gasteiger partial charge in [-0.25, -0.2) is 14.8 Å². The highest BCUT2D eigenvalue weighted by molar-refractivity contribution is 7.18. The van der Waals surface area contributed by atoms with Crippen molar-refractivity contribution in [2.45, 2.75) is 33.1 Å². The largest absolute Gasteiger partial charge is 0.465 e. The van der Waals surface area contributed by atoms with Crippen molar-refractivity contribution < 1.29 is 9.53 Å². The summed E-state index contributed by atoms with van der Waals surface area (Å²) in [5.41, 5.74) is 0.00632. The Morgan fingerprint density at radius 1 is 1.50 bits per heavy atom. The van der Waals surface area contributed by atoms with Gasteiger partial charge in [0.05, 0.1) is 18.4 Å². The van der Waals surface area contributed by atoms with Gasteiger partial charge in [0, 0.05) is 10.3 Å². The van der Waals surface area contributed by atoms with Crippen LogP contribution in [0.1, 0.15) is 30.0 Å². The molecule has 20 heavy (non-hydrogen) atoms. The average Bonchev–Trinajstić information content (AvgIpc) is 2.73. The summed E-state index contributed by atoms with van der Waals surface area (Å²) in [6, 6.07) is 2.05. The molecule has 5 nitrogen and oxygen atoms in total. The van der Waals surface area contributed by atoms with E-state index < -0.39 is 11.4 Å². The van der Waals surface area contributed by atoms with Crippen LogP contribution in [0.2, 0.25) is 0 Å². The molecule has 0 N–H and O–H groups in total. The number of thiophene rings is 1. The Kier molecular flexibility index (Phi) is 3.73. The second-order valence-corrected chi connectivity index (χ2v) is 5.85. The number of nitrogens with zero attached hydrogens (tertiary/aromatic N) is 3. The number of aryl methyl sites for hydroxylation is 2. The van der Waals surface area contributed by atoms with E-state index in [1.54, 1.807) is 13.8 Å². The molecule has 0 fully saturated rings. The number of aromatic nitrogens is 2. The SMILES string of the molecule is CCOC(=O)C(C)(C#N)c1ncnc2sc(C)c(C)c12. The summed E-state index contributed by atoms with van der Waals surface area (Å²) in [5, 5.41) is 10.3. The second-order valence-electron chi connectivity index (χ2n) is 4.64. The molecule has 0 amide bonds. The lowest BCUT2D eigenvalue weighted by Gasteiger charge is -2.19. The van der Waals surface area contributed by atoms with Crippen molar-refractivity contribution in [2.24, 2.45) is 0 Å². The molecule has 1 unspecified atom stereocenters. The highest BCUT2D eigenvalue weighted by Gasteiger charge is 2.41. The van der Waals surface area contributed by atoms with Gasteiger partial charge < -0.3 is 4.74 Å². The maximum Gasteiger partial charge on any atom is 0.332 e. The van der Waals surface area contributed by atoms with Crippen LogP contribution < -0.4 is 0 Å². The van der Waals surface area contributed by atoms with E-state index in [-0.39, 0.29) is 6.61 Å². The molecular weight excluding hydrogens is 274 g/mol. The zero-order valence-corrected chi connectivity index (χ0v) is 12.7. The highest BCUT2D eigenvalue weighted by atomic mass is 32.1. The quantitative estimate of drug-likeness (QED) is 0.812. The van der Waals surface area contributed by atoms with Crippen LogP contribution in [-0.2, 0) is 14.9 Å². The van der Waals surface area contributed by atoms with Gasteiger partial charge in [-0.2, -0.15) is 5.26 Å². The van der Waals surface area contributed by atoms with Crippen molar-refractivity contribution in [3.8, 4) is 6.07 Å². The molecule has 0 spiro atoms. The fourth-order valence-corrected chi connectivity index (χ4v) is 3.03. The van der Waals surface area contributed by atoms with Crippen molar-refractivity contribution in [3.05, 3.63) is 22.5 Å². The normalized spacial score (nSPS) is 13.8. The van der Waals surface area contributed by atoms with Crippen molar-refractivity contribution in [1.29, 1.82) is 5.26 Å². The number of rotatable bonds is 3. The summed E-state index contributed by atoms with van der Waals surface area (Å²) in [6.07, 6.45) is 1.39. The predicted octanol–water partition coefficient (Wildman–Crippen LogP) is 2.65. The maximum absolute atomic E-state index is 12.2. The zero-order chi connectivity index (χ0) is 14.9. The Morgan fingerprint density at radius 3 is 2.80 bits per heavy atom. The van der Waals surface area contributed by atoms with Crippen LogP contribution in [0.25, 0.3) is 10.2 Å². The molecule has 6 heteroatoms. The van der Waals surface area contributed by atoms with Crippen molar-refractivity contribution in [3.63, 3.8) is 0 Å². The number of nitriles is 1. The van der Waals surface area contributed by atoms with Crippen LogP contribution >= 0.6 is 11.3 Å². The van der Waals surface area contributed by atoms with E-state index in [1.807, 2.05) is 19.9 Å². The molecule has 0 aliphatic heterocycles. The summed E-state index contributed by atoms with van der Waals surface area (Å²) >= 11 is 1.53. The number of ether oxygens (including phenoxy) is 1. The van der Waals surface area contributed by atoms with E-state index in [9.17, 15) is 10.1 Å². The number of fused-ring (bicyclic) bond motifs is 1. The summed E-state index contributed by atoms with van der Waals surface area (Å²) < 4.78 is 5.03. The molecule has 2 aromatic heterocycles. The summed E-state index contributed by atoms with van der Waals surface area (Å²) in [7, 11) is 0. The van der Waals surface area contributed by atoms with Gasteiger partial charge >= 0.3 is 5.97 Å². The van der Waals surface area contributed by atoms with Crippen LogP contribution in [0.15, 0.2) is 6.33 Å². The first-order chi connectivity index (χ1) is 9.45. The standard InChI is InChI=1S/C14H15N3O2S/c1-5-19-13(18)14(4,6-15)11-10-8(2)9(3)20-12(10)17-7-16-11/h7H,5H2,1-4H3. The van der Waals surface area contributed by atoms with Gasteiger partial charge in [0.15, 0.2) is 5.41 Å². The molecular formula is C14H15N3O2S. The van der Waals surface area contributed by atoms with E-state index in [4.69, 9.17) is 4.74 Å². The van der Waals surface area contributed by atoms with Crippen LogP contribution in [0.3, 0.4) is 0 Å². The summed E-state index contributed by atoms with van der Waals surface area (Å²) in [6.45, 7) is 7.42. The summed E-state index contributed by atoms with van der Waals surface area (Å²) in [5.74, 6) is -0.578. The summed E-state index contributed by atoms with van der Waals surface area (Å²) in [4.78, 5) is 22.5. The van der Waals surface area contributed by atoms with Gasteiger partial charge in [0.25, 0.3) is 0 Å². The number of hydrogen-bond acceptors (Lipinski definition) is 6. The average molecular weight is 289 g/mol. The van der Waals surface area contributed by atoms with Gasteiger partial charge in [0.2, 0.25) is 0 Å². The second kappa shape index (κ2) is 5.17. The molecule has 2 heterocycles. The molecule has 0 aliphatic carbocycles. The van der Waals surface area contributed by atoms with Crippen molar-refractivity contribution in [1.82, 2.24) is 9.97 Å². The lowest BCUT2D eigenvalue weighted by molar-refractivity contribution is -0.147. The smallest absolute Gasteiger partial charge is 0.332 e. The van der Waals surface area contributed by atoms with Crippen molar-refractivity contribution in [2.75, 3.05) is 6.61 Å². The van der Waals surface area contributed by atoms with Crippen LogP contribution in [-0.4, -0.2) is 22.5 Å². The van der Waals surface area contributed by atoms with Gasteiger partial charge in [-0.05, 0) is 33.3 Å². The minimum atomic E-state index is -1.42. The molecule has 0 aliphatic rings. The van der Waals surface area contributed by atoms with Gasteiger partial charge in [-0.1, -0.05) is 0 Å². The molecule has 0 radical (unpaired) electrons. The molecule has 0 bridgehead atoms. The van der Waals surface area contributed by atoms with Gasteiger partial charge in [-0.15, -0.1) is 11.3 Å². The Morgan fingerprint density at radius 2 is 2.20 bits per heavy atom. The van der Waals surface area contributed by atoms with Gasteiger partial charge in [0.1, 0.15) is 11.2 Å². The molecule has 0 saturated carbocycles. The Labute approximate surface area is 121 Å². The first-order valence-electron chi connectivity index (χ1n) is 6.25. The van der Waals surface area contributed by atoms with Crippen LogP contribution in [0, 0.1) is 25.2 Å². The third-order valence-corrected chi connectivity index (χ3v) is 4.46. The van der Waals surface area contributed by atoms with E-state index in [0.29, 0.717) is 5.69 Å². The molecule has 1 atom stereocenters. The molecule has 104 valence electrons. The third kappa shape index (κ3) is 2.04. The molecule has 2 rings (SSSR count). The Bertz CT molecular complexity index is 717. The number of carbonyl (C=O) groups excluding carboxylic acids is 1. The molecule has 2 aromatic rings. The highest BCUT2D eigenvalue weighted by Crippen LogP contribution is 2.36. The number of hydrogen-bond donors (Lipinski definition) is 0. The lowest BCUT2D eigenvalue weighted by atomic mass is 9.86. The Hall–Kier alpha value is -2.00. The first kappa shape index (κ1) is 14.4. The molecule has 0 aromatic carbocycles. The number of carbonyl (C=O) groups is 1. The maximum atomic E-state index is 12.2. The first-order valence-corrected chi connectivity index (χ1v) is 7.07. The zero-order valence-electron chi connectivity index (χ0n) is 11.9. The van der Waals surface area contributed by atoms with Gasteiger partial charge in [-0.3, -0.25) is 0 Å².